The van der Waals surface area contributed by atoms with Crippen LogP contribution in [0.25, 0.3) is 11.0 Å². The molecule has 24 heavy (non-hydrogen) atoms. The predicted molar refractivity (Wildman–Crippen MR) is 86.2 cm³/mol. The molecule has 8 nitrogen and oxygen atoms in total. The number of phenolic OH excluding ortho intramolecular Hbond substituents is 1. The van der Waals surface area contributed by atoms with E-state index >= 15 is 0 Å². The fraction of sp³-hybridized carbons (Fsp3) is 0.0625. The molecule has 3 rings (SSSR count). The van der Waals surface area contributed by atoms with E-state index < -0.39 is 10.5 Å². The highest BCUT2D eigenvalue weighted by atomic mass is 16.6. The molecule has 0 saturated carbocycles. The zero-order chi connectivity index (χ0) is 17.3. The minimum Gasteiger partial charge on any atom is -0.508 e. The summed E-state index contributed by atoms with van der Waals surface area (Å²) in [7, 11) is 0. The molecule has 0 aliphatic heterocycles. The van der Waals surface area contributed by atoms with E-state index in [2.05, 4.69) is 10.2 Å². The number of nitro benzene ring substituents is 1. The van der Waals surface area contributed by atoms with Crippen LogP contribution in [0.3, 0.4) is 0 Å². The molecule has 2 aromatic carbocycles. The van der Waals surface area contributed by atoms with Crippen LogP contribution in [0.1, 0.15) is 5.56 Å². The van der Waals surface area contributed by atoms with Crippen molar-refractivity contribution in [1.82, 2.24) is 0 Å². The Morgan fingerprint density at radius 3 is 2.71 bits per heavy atom. The van der Waals surface area contributed by atoms with Crippen molar-refractivity contribution in [2.45, 2.75) is 6.92 Å². The summed E-state index contributed by atoms with van der Waals surface area (Å²) < 4.78 is 5.13. The average molecular weight is 325 g/mol. The van der Waals surface area contributed by atoms with E-state index in [-0.39, 0.29) is 28.4 Å². The van der Waals surface area contributed by atoms with Gasteiger partial charge < -0.3 is 9.52 Å². The van der Waals surface area contributed by atoms with Crippen LogP contribution in [0, 0.1) is 17.0 Å². The van der Waals surface area contributed by atoms with Crippen LogP contribution < -0.4 is 5.63 Å². The first-order valence-electron chi connectivity index (χ1n) is 6.88. The second-order valence-electron chi connectivity index (χ2n) is 5.02. The number of benzene rings is 2. The van der Waals surface area contributed by atoms with Crippen molar-refractivity contribution in [1.29, 1.82) is 0 Å². The molecule has 0 aliphatic carbocycles. The van der Waals surface area contributed by atoms with Gasteiger partial charge in [-0.25, -0.2) is 4.79 Å². The zero-order valence-electron chi connectivity index (χ0n) is 12.5. The Kier molecular flexibility index (Phi) is 3.78. The lowest BCUT2D eigenvalue weighted by molar-refractivity contribution is -0.384. The molecule has 1 N–H and O–H groups in total. The Bertz CT molecular complexity index is 1040. The monoisotopic (exact) mass is 325 g/mol. The van der Waals surface area contributed by atoms with Crippen LogP contribution in [-0.4, -0.2) is 10.0 Å². The Balaban J connectivity index is 2.07. The van der Waals surface area contributed by atoms with Crippen molar-refractivity contribution in [2.75, 3.05) is 0 Å². The Hall–Kier alpha value is -3.55. The summed E-state index contributed by atoms with van der Waals surface area (Å²) >= 11 is 0. The van der Waals surface area contributed by atoms with Gasteiger partial charge >= 0.3 is 5.63 Å². The van der Waals surface area contributed by atoms with Crippen molar-refractivity contribution in [3.63, 3.8) is 0 Å². The maximum Gasteiger partial charge on any atom is 0.364 e. The summed E-state index contributed by atoms with van der Waals surface area (Å²) in [5, 5.41) is 28.6. The van der Waals surface area contributed by atoms with Crippen LogP contribution >= 0.6 is 0 Å². The third kappa shape index (κ3) is 2.84. The maximum atomic E-state index is 12.1. The number of fused-ring (bicyclic) bond motifs is 1. The van der Waals surface area contributed by atoms with Crippen molar-refractivity contribution in [3.05, 3.63) is 68.6 Å². The van der Waals surface area contributed by atoms with Crippen molar-refractivity contribution in [3.8, 4) is 5.75 Å². The normalized spacial score (nSPS) is 11.2. The summed E-state index contributed by atoms with van der Waals surface area (Å²) in [5.41, 5.74) is 0.194. The highest BCUT2D eigenvalue weighted by molar-refractivity contribution is 5.84. The molecular weight excluding hydrogens is 314 g/mol. The molecule has 0 amide bonds. The first-order chi connectivity index (χ1) is 11.5. The van der Waals surface area contributed by atoms with Crippen molar-refractivity contribution < 1.29 is 14.4 Å². The van der Waals surface area contributed by atoms with Crippen LogP contribution in [0.4, 0.5) is 17.1 Å². The highest BCUT2D eigenvalue weighted by Gasteiger charge is 2.12. The zero-order valence-corrected chi connectivity index (χ0v) is 12.5. The smallest absolute Gasteiger partial charge is 0.364 e. The van der Waals surface area contributed by atoms with E-state index in [9.17, 15) is 20.0 Å². The van der Waals surface area contributed by atoms with Crippen LogP contribution in [0.15, 0.2) is 61.9 Å². The molecule has 0 bridgehead atoms. The van der Waals surface area contributed by atoms with Gasteiger partial charge in [-0.05, 0) is 30.7 Å². The van der Waals surface area contributed by atoms with Gasteiger partial charge in [0.25, 0.3) is 5.69 Å². The molecule has 0 spiro atoms. The van der Waals surface area contributed by atoms with E-state index in [0.29, 0.717) is 10.9 Å². The average Bonchev–Trinajstić information content (AvgIpc) is 2.54. The van der Waals surface area contributed by atoms with Gasteiger partial charge in [0, 0.05) is 23.6 Å². The van der Waals surface area contributed by atoms with Crippen molar-refractivity contribution >= 4 is 28.0 Å². The molecule has 0 fully saturated rings. The Labute approximate surface area is 134 Å². The van der Waals surface area contributed by atoms with E-state index in [1.54, 1.807) is 13.0 Å². The fourth-order valence-electron chi connectivity index (χ4n) is 2.23. The number of non-ortho nitro benzene ring substituents is 1. The molecule has 120 valence electrons. The maximum absolute atomic E-state index is 12.1. The van der Waals surface area contributed by atoms with Crippen LogP contribution in [0.5, 0.6) is 5.75 Å². The third-order valence-electron chi connectivity index (χ3n) is 3.43. The summed E-state index contributed by atoms with van der Waals surface area (Å²) in [4.78, 5) is 22.3. The number of aryl methyl sites for hydroxylation is 1. The molecule has 0 radical (unpaired) electrons. The van der Waals surface area contributed by atoms with E-state index in [1.165, 1.54) is 36.4 Å². The number of hydrogen-bond acceptors (Lipinski definition) is 7. The second kappa shape index (κ2) is 5.92. The van der Waals surface area contributed by atoms with Gasteiger partial charge in [0.1, 0.15) is 11.3 Å². The molecular formula is C16H11N3O5. The first-order valence-corrected chi connectivity index (χ1v) is 6.88. The fourth-order valence-corrected chi connectivity index (χ4v) is 2.23. The minimum absolute atomic E-state index is 0.000282. The highest BCUT2D eigenvalue weighted by Crippen LogP contribution is 2.28. The number of rotatable bonds is 3. The minimum atomic E-state index is -0.709. The molecule has 0 atom stereocenters. The number of azo groups is 1. The summed E-state index contributed by atoms with van der Waals surface area (Å²) in [6, 6.07) is 10.0. The SMILES string of the molecule is Cc1c(N=Nc2cccc([N+](=O)[O-])c2)c(=O)oc2cc(O)ccc12. The second-order valence-corrected chi connectivity index (χ2v) is 5.02. The molecule has 1 aromatic heterocycles. The van der Waals surface area contributed by atoms with Crippen molar-refractivity contribution in [2.24, 2.45) is 10.2 Å². The van der Waals surface area contributed by atoms with Gasteiger partial charge in [0.2, 0.25) is 0 Å². The van der Waals surface area contributed by atoms with Gasteiger partial charge in [-0.3, -0.25) is 10.1 Å². The van der Waals surface area contributed by atoms with E-state index in [4.69, 9.17) is 4.42 Å². The van der Waals surface area contributed by atoms with Gasteiger partial charge in [-0.2, -0.15) is 5.11 Å². The van der Waals surface area contributed by atoms with E-state index in [0.717, 1.165) is 0 Å². The first kappa shape index (κ1) is 15.3. The lowest BCUT2D eigenvalue weighted by atomic mass is 10.1. The number of phenols is 1. The summed E-state index contributed by atoms with van der Waals surface area (Å²) in [6.07, 6.45) is 0. The topological polar surface area (TPSA) is 118 Å². The van der Waals surface area contributed by atoms with Crippen LogP contribution in [0.2, 0.25) is 0 Å². The number of nitrogens with zero attached hydrogens (tertiary/aromatic N) is 3. The van der Waals surface area contributed by atoms with Crippen LogP contribution in [-0.2, 0) is 0 Å². The Morgan fingerprint density at radius 1 is 1.17 bits per heavy atom. The molecule has 8 heteroatoms. The molecule has 0 unspecified atom stereocenters. The lowest BCUT2D eigenvalue weighted by Crippen LogP contribution is -2.00. The van der Waals surface area contributed by atoms with E-state index in [1.807, 2.05) is 0 Å². The molecule has 3 aromatic rings. The standard InChI is InChI=1S/C16H11N3O5/c1-9-13-6-5-12(20)8-14(13)24-16(21)15(9)18-17-10-3-2-4-11(7-10)19(22)23/h2-8,20H,1H3. The largest absolute Gasteiger partial charge is 0.508 e. The number of aromatic hydroxyl groups is 1. The molecule has 1 heterocycles. The van der Waals surface area contributed by atoms with Gasteiger partial charge in [0.15, 0.2) is 5.69 Å². The predicted octanol–water partition coefficient (Wildman–Crippen LogP) is 4.13. The van der Waals surface area contributed by atoms with Gasteiger partial charge in [-0.15, -0.1) is 5.11 Å². The number of hydrogen-bond donors (Lipinski definition) is 1. The summed E-state index contributed by atoms with van der Waals surface area (Å²) in [6.45, 7) is 1.68. The number of nitro groups is 1. The molecule has 0 saturated heterocycles. The molecule has 0 aliphatic rings. The quantitative estimate of drug-likeness (QED) is 0.336. The third-order valence-corrected chi connectivity index (χ3v) is 3.43. The van der Waals surface area contributed by atoms with Gasteiger partial charge in [0.05, 0.1) is 10.6 Å². The lowest BCUT2D eigenvalue weighted by Gasteiger charge is -2.03. The summed E-state index contributed by atoms with van der Waals surface area (Å²) in [5.74, 6) is -0.0176. The van der Waals surface area contributed by atoms with Gasteiger partial charge in [-0.1, -0.05) is 6.07 Å². The Morgan fingerprint density at radius 2 is 1.96 bits per heavy atom.